The molecule has 0 spiro atoms. The van der Waals surface area contributed by atoms with E-state index in [1.54, 1.807) is 93.1 Å². The summed E-state index contributed by atoms with van der Waals surface area (Å²) in [6.07, 6.45) is 0. The van der Waals surface area contributed by atoms with Crippen LogP contribution in [0.5, 0.6) is 17.2 Å². The number of nitrogens with two attached hydrogens (primary N) is 4. The molecular weight excluding hydrogens is 799 g/mol. The zero-order valence-electron chi connectivity index (χ0n) is 30.5. The lowest BCUT2D eigenvalue weighted by Crippen LogP contribution is -2.29. The molecule has 57 heavy (non-hydrogen) atoms. The van der Waals surface area contributed by atoms with Crippen LogP contribution < -0.4 is 42.6 Å². The summed E-state index contributed by atoms with van der Waals surface area (Å²) in [6.45, 7) is 0. The molecule has 6 aromatic carbocycles. The fourth-order valence-corrected chi connectivity index (χ4v) is 5.47. The van der Waals surface area contributed by atoms with E-state index in [0.717, 1.165) is 16.9 Å². The van der Waals surface area contributed by atoms with Crippen molar-refractivity contribution < 1.29 is 34.1 Å². The zero-order chi connectivity index (χ0) is 41.4. The number of para-hydroxylation sites is 3. The largest absolute Gasteiger partial charge is 0.497 e. The molecular formula is C40H44BBrN6O9. The molecule has 0 unspecified atom stereocenters. The first-order valence-electron chi connectivity index (χ1n) is 16.4. The molecule has 0 aliphatic heterocycles. The van der Waals surface area contributed by atoms with Crippen LogP contribution in [0.2, 0.25) is 0 Å². The number of methoxy groups -OCH3 is 3. The predicted molar refractivity (Wildman–Crippen MR) is 232 cm³/mol. The number of rotatable bonds is 8. The second-order valence-electron chi connectivity index (χ2n) is 11.4. The van der Waals surface area contributed by atoms with Crippen molar-refractivity contribution in [3.8, 4) is 39.5 Å². The summed E-state index contributed by atoms with van der Waals surface area (Å²) < 4.78 is 15.6. The Kier molecular flexibility index (Phi) is 18.3. The molecule has 15 nitrogen and oxygen atoms in total. The number of ether oxygens (including phenoxy) is 3. The molecule has 0 fully saturated rings. The Balaban J connectivity index is 0.000000267. The maximum Gasteiger partial charge on any atom is 0.488 e. The van der Waals surface area contributed by atoms with Crippen molar-refractivity contribution >= 4 is 62.6 Å². The van der Waals surface area contributed by atoms with Gasteiger partial charge < -0.3 is 47.2 Å². The van der Waals surface area contributed by atoms with Gasteiger partial charge in [0.2, 0.25) is 0 Å². The van der Waals surface area contributed by atoms with Gasteiger partial charge in [-0.2, -0.15) is 0 Å². The molecule has 0 atom stereocenters. The molecule has 0 radical (unpaired) electrons. The van der Waals surface area contributed by atoms with E-state index < -0.39 is 17.0 Å². The third-order valence-corrected chi connectivity index (χ3v) is 8.38. The van der Waals surface area contributed by atoms with E-state index in [4.69, 9.17) is 47.2 Å². The van der Waals surface area contributed by atoms with Crippen LogP contribution in [0.25, 0.3) is 22.3 Å². The summed E-state index contributed by atoms with van der Waals surface area (Å²) in [5.74, 6) is 2.07. The van der Waals surface area contributed by atoms with Crippen LogP contribution in [0.15, 0.2) is 132 Å². The predicted octanol–water partition coefficient (Wildman–Crippen LogP) is 7.33. The third-order valence-electron chi connectivity index (χ3n) is 7.74. The Morgan fingerprint density at radius 3 is 1.42 bits per heavy atom. The molecule has 0 saturated heterocycles. The highest BCUT2D eigenvalue weighted by atomic mass is 79.9. The molecule has 17 heteroatoms. The van der Waals surface area contributed by atoms with Crippen LogP contribution in [0.1, 0.15) is 7.43 Å². The van der Waals surface area contributed by atoms with E-state index in [9.17, 15) is 20.2 Å². The molecule has 0 amide bonds. The van der Waals surface area contributed by atoms with E-state index in [0.29, 0.717) is 43.9 Å². The van der Waals surface area contributed by atoms with Crippen molar-refractivity contribution in [2.45, 2.75) is 7.43 Å². The van der Waals surface area contributed by atoms with Gasteiger partial charge in [0, 0.05) is 5.56 Å². The highest BCUT2D eigenvalue weighted by molar-refractivity contribution is 9.10. The maximum atomic E-state index is 11.1. The van der Waals surface area contributed by atoms with Gasteiger partial charge in [-0.3, -0.25) is 20.2 Å². The Hall–Kier alpha value is -6.82. The highest BCUT2D eigenvalue weighted by Gasteiger charge is 2.19. The lowest BCUT2D eigenvalue weighted by molar-refractivity contribution is -0.384. The maximum absolute atomic E-state index is 11.1. The minimum atomic E-state index is -1.43. The number of nitro benzene ring substituents is 2. The number of nitrogens with zero attached hydrogens (tertiary/aromatic N) is 2. The summed E-state index contributed by atoms with van der Waals surface area (Å²) in [6, 6.07) is 36.7. The fourth-order valence-electron chi connectivity index (χ4n) is 4.94. The Bertz CT molecular complexity index is 2240. The van der Waals surface area contributed by atoms with Gasteiger partial charge in [0.05, 0.1) is 52.6 Å². The minimum absolute atomic E-state index is 0. The number of nitro groups is 2. The monoisotopic (exact) mass is 842 g/mol. The first kappa shape index (κ1) is 46.3. The lowest BCUT2D eigenvalue weighted by atomic mass is 9.80. The Morgan fingerprint density at radius 1 is 0.561 bits per heavy atom. The van der Waals surface area contributed by atoms with Crippen LogP contribution in [0.3, 0.4) is 0 Å². The van der Waals surface area contributed by atoms with Gasteiger partial charge in [-0.15, -0.1) is 0 Å². The van der Waals surface area contributed by atoms with E-state index in [1.807, 2.05) is 36.4 Å². The summed E-state index contributed by atoms with van der Waals surface area (Å²) in [5.41, 5.74) is 27.6. The smallest absolute Gasteiger partial charge is 0.488 e. The van der Waals surface area contributed by atoms with E-state index in [-0.39, 0.29) is 30.2 Å². The highest BCUT2D eigenvalue weighted by Crippen LogP contribution is 2.36. The van der Waals surface area contributed by atoms with Gasteiger partial charge in [-0.05, 0) is 99.2 Å². The molecule has 0 heterocycles. The number of nitrogen functional groups attached to an aromatic ring is 4. The Labute approximate surface area is 339 Å². The summed E-state index contributed by atoms with van der Waals surface area (Å²) in [4.78, 5) is 20.4. The molecule has 0 bridgehead atoms. The molecule has 6 aromatic rings. The first-order valence-corrected chi connectivity index (χ1v) is 17.2. The number of halogens is 1. The molecule has 0 saturated carbocycles. The van der Waals surface area contributed by atoms with Gasteiger partial charge in [0.25, 0.3) is 5.69 Å². The molecule has 0 aliphatic rings. The Morgan fingerprint density at radius 2 is 0.965 bits per heavy atom. The molecule has 6 rings (SSSR count). The fraction of sp³-hybridized carbons (Fsp3) is 0.100. The van der Waals surface area contributed by atoms with Crippen molar-refractivity contribution in [2.75, 3.05) is 44.3 Å². The topological polar surface area (TPSA) is 259 Å². The molecule has 0 aromatic heterocycles. The summed E-state index contributed by atoms with van der Waals surface area (Å²) in [7, 11) is 3.29. The average Bonchev–Trinajstić information content (AvgIpc) is 3.19. The minimum Gasteiger partial charge on any atom is -0.497 e. The number of anilines is 4. The van der Waals surface area contributed by atoms with E-state index in [2.05, 4.69) is 15.9 Å². The van der Waals surface area contributed by atoms with Crippen LogP contribution in [0, 0.1) is 20.2 Å². The average molecular weight is 844 g/mol. The summed E-state index contributed by atoms with van der Waals surface area (Å²) >= 11 is 3.03. The van der Waals surface area contributed by atoms with Gasteiger partial charge in [0.1, 0.15) is 28.6 Å². The van der Waals surface area contributed by atoms with E-state index in [1.165, 1.54) is 19.2 Å². The van der Waals surface area contributed by atoms with Crippen LogP contribution in [-0.2, 0) is 0 Å². The van der Waals surface area contributed by atoms with Crippen molar-refractivity contribution in [3.05, 3.63) is 152 Å². The second kappa shape index (κ2) is 22.5. The third kappa shape index (κ3) is 13.2. The molecule has 298 valence electrons. The van der Waals surface area contributed by atoms with Crippen molar-refractivity contribution in [1.82, 2.24) is 0 Å². The van der Waals surface area contributed by atoms with Crippen molar-refractivity contribution in [2.24, 2.45) is 0 Å². The van der Waals surface area contributed by atoms with E-state index >= 15 is 0 Å². The quantitative estimate of drug-likeness (QED) is 0.0380. The van der Waals surface area contributed by atoms with Gasteiger partial charge >= 0.3 is 12.8 Å². The van der Waals surface area contributed by atoms with Crippen LogP contribution in [0.4, 0.5) is 34.1 Å². The first-order chi connectivity index (χ1) is 26.7. The SMILES string of the molecule is C.COc1cccc(-c2cccc(N)c2N)c1.COc1cccc(-c2cccc(N)c2[N+](=O)[O-])c1.COc1cccc(B(O)O)c1.Nc1cccc(Br)c1[N+](=O)[O-]. The standard InChI is InChI=1S/C13H12N2O3.C13H14N2O.C7H9BO3.C6H5BrN2O2.CH4/c1-18-10-5-2-4-9(8-10)11-6-3-7-12(14)13(11)15(16)17;1-16-10-5-2-4-9(8-10)11-6-3-7-12(14)13(11)15;1-11-7-4-2-3-6(5-7)8(9)10;7-4-2-1-3-5(8)6(4)9(10)11;/h2-8H,14H2,1H3;2-8H,14-15H2,1H3;2-5,9-10H,1H3;1-3H,8H2;1H4. The van der Waals surface area contributed by atoms with Gasteiger partial charge in [-0.25, -0.2) is 0 Å². The van der Waals surface area contributed by atoms with Crippen molar-refractivity contribution in [1.29, 1.82) is 0 Å². The lowest BCUT2D eigenvalue weighted by Gasteiger charge is -2.09. The van der Waals surface area contributed by atoms with Crippen molar-refractivity contribution in [3.63, 3.8) is 0 Å². The summed E-state index contributed by atoms with van der Waals surface area (Å²) in [5, 5.41) is 38.9. The normalized spacial score (nSPS) is 9.65. The second-order valence-corrected chi connectivity index (χ2v) is 12.2. The molecule has 0 aliphatic carbocycles. The number of benzene rings is 6. The van der Waals surface area contributed by atoms with Crippen LogP contribution in [-0.4, -0.2) is 48.3 Å². The zero-order valence-corrected chi connectivity index (χ0v) is 32.1. The van der Waals surface area contributed by atoms with Gasteiger partial charge in [0.15, 0.2) is 0 Å². The van der Waals surface area contributed by atoms with Crippen LogP contribution >= 0.6 is 15.9 Å². The number of hydrogen-bond acceptors (Lipinski definition) is 13. The molecule has 10 N–H and O–H groups in total. The van der Waals surface area contributed by atoms with Gasteiger partial charge in [-0.1, -0.05) is 68.1 Å². The number of hydrogen-bond donors (Lipinski definition) is 6.